The number of Topliss-reactive ketones (excluding diaryl/α,β-unsaturated/α-hetero) is 1. The third-order valence-corrected chi connectivity index (χ3v) is 4.18. The SMILES string of the molecule is O=C(O)c1cnc(N2CCC(C(=O)c3ccc(F)cc3)CC2)cn1. The van der Waals surface area contributed by atoms with Gasteiger partial charge in [0.1, 0.15) is 11.6 Å². The average Bonchev–Trinajstić information content (AvgIpc) is 2.62. The minimum atomic E-state index is -1.11. The van der Waals surface area contributed by atoms with Crippen LogP contribution in [0.5, 0.6) is 0 Å². The molecule has 124 valence electrons. The van der Waals surface area contributed by atoms with E-state index in [0.717, 1.165) is 0 Å². The van der Waals surface area contributed by atoms with E-state index in [0.29, 0.717) is 37.3 Å². The van der Waals surface area contributed by atoms with Crippen LogP contribution in [0.4, 0.5) is 10.2 Å². The molecule has 0 spiro atoms. The molecule has 0 unspecified atom stereocenters. The fraction of sp³-hybridized carbons (Fsp3) is 0.294. The highest BCUT2D eigenvalue weighted by Crippen LogP contribution is 2.24. The Morgan fingerprint density at radius 2 is 1.75 bits per heavy atom. The summed E-state index contributed by atoms with van der Waals surface area (Å²) in [6.07, 6.45) is 4.00. The molecular formula is C17H16FN3O3. The molecule has 1 N–H and O–H groups in total. The fourth-order valence-corrected chi connectivity index (χ4v) is 2.82. The predicted octanol–water partition coefficient (Wildman–Crippen LogP) is 2.41. The zero-order chi connectivity index (χ0) is 17.1. The summed E-state index contributed by atoms with van der Waals surface area (Å²) in [4.78, 5) is 33.2. The van der Waals surface area contributed by atoms with Gasteiger partial charge in [0.25, 0.3) is 0 Å². The fourth-order valence-electron chi connectivity index (χ4n) is 2.82. The van der Waals surface area contributed by atoms with Crippen molar-refractivity contribution < 1.29 is 19.1 Å². The molecule has 1 aliphatic rings. The molecule has 3 rings (SSSR count). The molecule has 0 amide bonds. The lowest BCUT2D eigenvalue weighted by atomic mass is 9.89. The van der Waals surface area contributed by atoms with Crippen LogP contribution in [-0.2, 0) is 0 Å². The number of aromatic nitrogens is 2. The normalized spacial score (nSPS) is 15.3. The van der Waals surface area contributed by atoms with E-state index in [9.17, 15) is 14.0 Å². The summed E-state index contributed by atoms with van der Waals surface area (Å²) in [5.74, 6) is -0.935. The van der Waals surface area contributed by atoms with Gasteiger partial charge in [-0.2, -0.15) is 0 Å². The average molecular weight is 329 g/mol. The van der Waals surface area contributed by atoms with Crippen molar-refractivity contribution in [2.45, 2.75) is 12.8 Å². The first-order valence-electron chi connectivity index (χ1n) is 7.64. The second kappa shape index (κ2) is 6.74. The van der Waals surface area contributed by atoms with Gasteiger partial charge in [0.05, 0.1) is 12.4 Å². The Kier molecular flexibility index (Phi) is 4.50. The standard InChI is InChI=1S/C17H16FN3O3/c18-13-3-1-11(2-4-13)16(22)12-5-7-21(8-6-12)15-10-19-14(9-20-15)17(23)24/h1-4,9-10,12H,5-8H2,(H,23,24). The van der Waals surface area contributed by atoms with Gasteiger partial charge in [0, 0.05) is 24.6 Å². The Bertz CT molecular complexity index is 739. The topological polar surface area (TPSA) is 83.4 Å². The minimum Gasteiger partial charge on any atom is -0.476 e. The third-order valence-electron chi connectivity index (χ3n) is 4.18. The summed E-state index contributed by atoms with van der Waals surface area (Å²) < 4.78 is 12.9. The van der Waals surface area contributed by atoms with Crippen LogP contribution >= 0.6 is 0 Å². The number of ketones is 1. The van der Waals surface area contributed by atoms with Gasteiger partial charge < -0.3 is 10.0 Å². The number of hydrogen-bond acceptors (Lipinski definition) is 5. The lowest BCUT2D eigenvalue weighted by Crippen LogP contribution is -2.37. The molecule has 1 fully saturated rings. The minimum absolute atomic E-state index is 0.0296. The maximum atomic E-state index is 12.9. The zero-order valence-corrected chi connectivity index (χ0v) is 12.9. The molecule has 7 heteroatoms. The predicted molar refractivity (Wildman–Crippen MR) is 84.7 cm³/mol. The lowest BCUT2D eigenvalue weighted by Gasteiger charge is -2.31. The van der Waals surface area contributed by atoms with Crippen molar-refractivity contribution in [1.82, 2.24) is 9.97 Å². The van der Waals surface area contributed by atoms with Gasteiger partial charge in [-0.3, -0.25) is 4.79 Å². The van der Waals surface area contributed by atoms with Crippen molar-refractivity contribution in [2.75, 3.05) is 18.0 Å². The molecule has 0 bridgehead atoms. The largest absolute Gasteiger partial charge is 0.476 e. The number of aromatic carboxylic acids is 1. The van der Waals surface area contributed by atoms with E-state index in [1.807, 2.05) is 4.90 Å². The van der Waals surface area contributed by atoms with Crippen molar-refractivity contribution in [3.8, 4) is 0 Å². The van der Waals surface area contributed by atoms with Crippen LogP contribution in [0.1, 0.15) is 33.7 Å². The van der Waals surface area contributed by atoms with Gasteiger partial charge in [-0.05, 0) is 37.1 Å². The maximum Gasteiger partial charge on any atom is 0.356 e. The zero-order valence-electron chi connectivity index (χ0n) is 12.9. The van der Waals surface area contributed by atoms with Gasteiger partial charge >= 0.3 is 5.97 Å². The van der Waals surface area contributed by atoms with Crippen LogP contribution in [0.25, 0.3) is 0 Å². The molecule has 1 saturated heterocycles. The van der Waals surface area contributed by atoms with E-state index in [1.165, 1.54) is 36.7 Å². The van der Waals surface area contributed by atoms with Gasteiger partial charge in [0.15, 0.2) is 11.5 Å². The summed E-state index contributed by atoms with van der Waals surface area (Å²) >= 11 is 0. The van der Waals surface area contributed by atoms with Crippen molar-refractivity contribution in [3.63, 3.8) is 0 Å². The Labute approximate surface area is 138 Å². The van der Waals surface area contributed by atoms with Gasteiger partial charge in [0.2, 0.25) is 0 Å². The van der Waals surface area contributed by atoms with Crippen molar-refractivity contribution in [1.29, 1.82) is 0 Å². The highest BCUT2D eigenvalue weighted by molar-refractivity contribution is 5.98. The van der Waals surface area contributed by atoms with Crippen LogP contribution in [0.15, 0.2) is 36.7 Å². The number of benzene rings is 1. The van der Waals surface area contributed by atoms with E-state index in [2.05, 4.69) is 9.97 Å². The van der Waals surface area contributed by atoms with E-state index < -0.39 is 5.97 Å². The molecule has 1 aromatic carbocycles. The molecule has 0 atom stereocenters. The van der Waals surface area contributed by atoms with Crippen LogP contribution in [-0.4, -0.2) is 39.9 Å². The molecule has 0 radical (unpaired) electrons. The number of carboxylic acids is 1. The summed E-state index contributed by atoms with van der Waals surface area (Å²) in [5, 5.41) is 8.83. The molecule has 24 heavy (non-hydrogen) atoms. The first kappa shape index (κ1) is 16.0. The number of anilines is 1. The number of carbonyl (C=O) groups is 2. The number of hydrogen-bond donors (Lipinski definition) is 1. The lowest BCUT2D eigenvalue weighted by molar-refractivity contribution is 0.0689. The molecule has 1 aromatic heterocycles. The smallest absolute Gasteiger partial charge is 0.356 e. The van der Waals surface area contributed by atoms with Crippen LogP contribution in [0.3, 0.4) is 0 Å². The van der Waals surface area contributed by atoms with Gasteiger partial charge in [-0.1, -0.05) is 0 Å². The quantitative estimate of drug-likeness (QED) is 0.867. The van der Waals surface area contributed by atoms with Crippen LogP contribution in [0.2, 0.25) is 0 Å². The van der Waals surface area contributed by atoms with Gasteiger partial charge in [-0.15, -0.1) is 0 Å². The first-order valence-corrected chi connectivity index (χ1v) is 7.64. The number of carbonyl (C=O) groups excluding carboxylic acids is 1. The van der Waals surface area contributed by atoms with E-state index in [4.69, 9.17) is 5.11 Å². The highest BCUT2D eigenvalue weighted by Gasteiger charge is 2.26. The summed E-state index contributed by atoms with van der Waals surface area (Å²) in [5.41, 5.74) is 0.431. The van der Waals surface area contributed by atoms with Crippen molar-refractivity contribution in [2.24, 2.45) is 5.92 Å². The Balaban J connectivity index is 1.62. The Morgan fingerprint density at radius 3 is 2.29 bits per heavy atom. The van der Waals surface area contributed by atoms with E-state index in [-0.39, 0.29) is 23.2 Å². The number of carboxylic acid groups (broad SMARTS) is 1. The molecule has 2 aromatic rings. The molecule has 0 aliphatic carbocycles. The molecule has 6 nitrogen and oxygen atoms in total. The molecule has 1 aliphatic heterocycles. The van der Waals surface area contributed by atoms with Gasteiger partial charge in [-0.25, -0.2) is 19.2 Å². The summed E-state index contributed by atoms with van der Waals surface area (Å²) in [7, 11) is 0. The molecule has 0 saturated carbocycles. The second-order valence-corrected chi connectivity index (χ2v) is 5.70. The number of rotatable bonds is 4. The third kappa shape index (κ3) is 3.40. The highest BCUT2D eigenvalue weighted by atomic mass is 19.1. The monoisotopic (exact) mass is 329 g/mol. The van der Waals surface area contributed by atoms with Crippen molar-refractivity contribution in [3.05, 3.63) is 53.7 Å². The maximum absolute atomic E-state index is 12.9. The summed E-state index contributed by atoms with van der Waals surface area (Å²) in [6.45, 7) is 1.28. The summed E-state index contributed by atoms with van der Waals surface area (Å²) in [6, 6.07) is 5.62. The second-order valence-electron chi connectivity index (χ2n) is 5.70. The molecular weight excluding hydrogens is 313 g/mol. The Hall–Kier alpha value is -2.83. The van der Waals surface area contributed by atoms with E-state index in [1.54, 1.807) is 0 Å². The number of nitrogens with zero attached hydrogens (tertiary/aromatic N) is 3. The van der Waals surface area contributed by atoms with Crippen LogP contribution in [0, 0.1) is 11.7 Å². The van der Waals surface area contributed by atoms with Crippen molar-refractivity contribution >= 4 is 17.6 Å². The number of piperidine rings is 1. The molecule has 2 heterocycles. The van der Waals surface area contributed by atoms with Crippen LogP contribution < -0.4 is 4.90 Å². The number of halogens is 1. The first-order chi connectivity index (χ1) is 11.5. The Morgan fingerprint density at radius 1 is 1.08 bits per heavy atom. The van der Waals surface area contributed by atoms with E-state index >= 15 is 0 Å².